The summed E-state index contributed by atoms with van der Waals surface area (Å²) in [6.45, 7) is 4.85. The summed E-state index contributed by atoms with van der Waals surface area (Å²) in [6, 6.07) is 16.9. The lowest BCUT2D eigenvalue weighted by atomic mass is 9.72. The molecule has 1 aliphatic rings. The van der Waals surface area contributed by atoms with Gasteiger partial charge in [0, 0.05) is 12.0 Å². The lowest BCUT2D eigenvalue weighted by Crippen LogP contribution is -2.34. The minimum absolute atomic E-state index is 0.480. The second kappa shape index (κ2) is 5.26. The van der Waals surface area contributed by atoms with E-state index in [0.29, 0.717) is 6.61 Å². The summed E-state index contributed by atoms with van der Waals surface area (Å²) in [5.74, 6) is 0.858. The molecule has 3 rings (SSSR count). The van der Waals surface area contributed by atoms with Gasteiger partial charge in [0.15, 0.2) is 0 Å². The molecule has 1 atom stereocenters. The molecule has 21 heavy (non-hydrogen) atoms. The van der Waals surface area contributed by atoms with E-state index < -0.39 is 5.41 Å². The highest BCUT2D eigenvalue weighted by molar-refractivity contribution is 5.48. The van der Waals surface area contributed by atoms with E-state index in [9.17, 15) is 5.26 Å². The Bertz CT molecular complexity index is 693. The Kier molecular flexibility index (Phi) is 3.43. The maximum atomic E-state index is 9.93. The van der Waals surface area contributed by atoms with E-state index in [4.69, 9.17) is 4.74 Å². The summed E-state index contributed by atoms with van der Waals surface area (Å²) in [4.78, 5) is 0. The van der Waals surface area contributed by atoms with Crippen LogP contribution in [0.15, 0.2) is 42.5 Å². The Morgan fingerprint density at radius 1 is 1.10 bits per heavy atom. The van der Waals surface area contributed by atoms with Crippen molar-refractivity contribution in [1.29, 1.82) is 5.26 Å². The van der Waals surface area contributed by atoms with Gasteiger partial charge in [-0.1, -0.05) is 36.4 Å². The summed E-state index contributed by atoms with van der Waals surface area (Å²) >= 11 is 0. The van der Waals surface area contributed by atoms with E-state index in [0.717, 1.165) is 24.2 Å². The Balaban J connectivity index is 2.10. The number of para-hydroxylation sites is 1. The predicted molar refractivity (Wildman–Crippen MR) is 83.5 cm³/mol. The first-order chi connectivity index (χ1) is 10.2. The van der Waals surface area contributed by atoms with Gasteiger partial charge in [0.1, 0.15) is 5.75 Å². The van der Waals surface area contributed by atoms with Crippen LogP contribution in [0.2, 0.25) is 0 Å². The van der Waals surface area contributed by atoms with Crippen molar-refractivity contribution < 1.29 is 4.74 Å². The van der Waals surface area contributed by atoms with E-state index in [1.165, 1.54) is 16.7 Å². The number of hydrogen-bond acceptors (Lipinski definition) is 2. The summed E-state index contributed by atoms with van der Waals surface area (Å²) in [7, 11) is 0. The van der Waals surface area contributed by atoms with Crippen LogP contribution in [0.5, 0.6) is 5.75 Å². The Morgan fingerprint density at radius 2 is 1.81 bits per heavy atom. The Labute approximate surface area is 126 Å². The molecular weight excluding hydrogens is 258 g/mol. The number of hydrogen-bond donors (Lipinski definition) is 0. The molecule has 1 aliphatic heterocycles. The number of fused-ring (bicyclic) bond motifs is 1. The van der Waals surface area contributed by atoms with Crippen molar-refractivity contribution in [3.8, 4) is 11.8 Å². The van der Waals surface area contributed by atoms with Crippen molar-refractivity contribution in [1.82, 2.24) is 0 Å². The highest BCUT2D eigenvalue weighted by atomic mass is 16.5. The van der Waals surface area contributed by atoms with Crippen LogP contribution in [0.3, 0.4) is 0 Å². The molecule has 106 valence electrons. The maximum absolute atomic E-state index is 9.93. The topological polar surface area (TPSA) is 33.0 Å². The molecule has 2 aromatic rings. The van der Waals surface area contributed by atoms with Gasteiger partial charge in [-0.15, -0.1) is 0 Å². The van der Waals surface area contributed by atoms with E-state index in [1.807, 2.05) is 24.3 Å². The zero-order valence-corrected chi connectivity index (χ0v) is 12.5. The van der Waals surface area contributed by atoms with E-state index >= 15 is 0 Å². The average molecular weight is 277 g/mol. The number of nitrogens with zero attached hydrogens (tertiary/aromatic N) is 1. The van der Waals surface area contributed by atoms with E-state index in [1.54, 1.807) is 0 Å². The fourth-order valence-electron chi connectivity index (χ4n) is 3.23. The third-order valence-electron chi connectivity index (χ3n) is 4.53. The molecule has 2 aromatic carbocycles. The summed E-state index contributed by atoms with van der Waals surface area (Å²) < 4.78 is 5.73. The SMILES string of the molecule is Cc1cccc(C)c1CC1(C#N)CCOc2ccccc21. The first-order valence-electron chi connectivity index (χ1n) is 7.35. The lowest BCUT2D eigenvalue weighted by Gasteiger charge is -2.34. The Hall–Kier alpha value is -2.27. The van der Waals surface area contributed by atoms with Crippen molar-refractivity contribution >= 4 is 0 Å². The standard InChI is InChI=1S/C19H19NO/c1-14-6-5-7-15(2)16(14)12-19(13-20)10-11-21-18-9-4-3-8-17(18)19/h3-9H,10-12H2,1-2H3. The number of aryl methyl sites for hydroxylation is 2. The molecule has 0 aromatic heterocycles. The van der Waals surface area contributed by atoms with Gasteiger partial charge in [-0.05, 0) is 43.0 Å². The monoisotopic (exact) mass is 277 g/mol. The quantitative estimate of drug-likeness (QED) is 0.828. The molecule has 0 aliphatic carbocycles. The molecule has 1 heterocycles. The van der Waals surface area contributed by atoms with Gasteiger partial charge in [-0.2, -0.15) is 5.26 Å². The maximum Gasteiger partial charge on any atom is 0.124 e. The molecule has 0 N–H and O–H groups in total. The zero-order chi connectivity index (χ0) is 14.9. The van der Waals surface area contributed by atoms with Gasteiger partial charge in [0.05, 0.1) is 18.1 Å². The van der Waals surface area contributed by atoms with Crippen LogP contribution in [0, 0.1) is 25.2 Å². The summed E-state index contributed by atoms with van der Waals surface area (Å²) in [5.41, 5.74) is 4.35. The molecule has 0 bridgehead atoms. The third-order valence-corrected chi connectivity index (χ3v) is 4.53. The van der Waals surface area contributed by atoms with Crippen LogP contribution < -0.4 is 4.74 Å². The molecule has 0 amide bonds. The van der Waals surface area contributed by atoms with Gasteiger partial charge in [-0.3, -0.25) is 0 Å². The molecule has 0 radical (unpaired) electrons. The smallest absolute Gasteiger partial charge is 0.124 e. The number of ether oxygens (including phenoxy) is 1. The summed E-state index contributed by atoms with van der Waals surface area (Å²) in [6.07, 6.45) is 1.50. The molecule has 0 saturated carbocycles. The number of nitriles is 1. The molecule has 2 nitrogen and oxygen atoms in total. The van der Waals surface area contributed by atoms with Gasteiger partial charge < -0.3 is 4.74 Å². The van der Waals surface area contributed by atoms with Crippen LogP contribution in [0.4, 0.5) is 0 Å². The fraction of sp³-hybridized carbons (Fsp3) is 0.316. The number of benzene rings is 2. The first-order valence-corrected chi connectivity index (χ1v) is 7.35. The second-order valence-corrected chi connectivity index (χ2v) is 5.84. The summed E-state index contributed by atoms with van der Waals surface area (Å²) in [5, 5.41) is 9.93. The largest absolute Gasteiger partial charge is 0.493 e. The first kappa shape index (κ1) is 13.7. The Morgan fingerprint density at radius 3 is 2.52 bits per heavy atom. The van der Waals surface area contributed by atoms with Crippen molar-refractivity contribution in [2.24, 2.45) is 0 Å². The minimum Gasteiger partial charge on any atom is -0.493 e. The van der Waals surface area contributed by atoms with Crippen LogP contribution in [-0.4, -0.2) is 6.61 Å². The van der Waals surface area contributed by atoms with E-state index in [2.05, 4.69) is 38.1 Å². The highest BCUT2D eigenvalue weighted by Gasteiger charge is 2.38. The van der Waals surface area contributed by atoms with Crippen molar-refractivity contribution in [3.63, 3.8) is 0 Å². The lowest BCUT2D eigenvalue weighted by molar-refractivity contribution is 0.241. The van der Waals surface area contributed by atoms with Crippen molar-refractivity contribution in [2.45, 2.75) is 32.1 Å². The van der Waals surface area contributed by atoms with Gasteiger partial charge in [-0.25, -0.2) is 0 Å². The molecule has 0 spiro atoms. The normalized spacial score (nSPS) is 20.2. The molecular formula is C19H19NO. The van der Waals surface area contributed by atoms with Crippen LogP contribution in [0.25, 0.3) is 0 Å². The number of rotatable bonds is 2. The second-order valence-electron chi connectivity index (χ2n) is 5.84. The molecule has 1 unspecified atom stereocenters. The van der Waals surface area contributed by atoms with Crippen LogP contribution in [-0.2, 0) is 11.8 Å². The minimum atomic E-state index is -0.480. The zero-order valence-electron chi connectivity index (χ0n) is 12.5. The van der Waals surface area contributed by atoms with Crippen molar-refractivity contribution in [3.05, 3.63) is 64.7 Å². The van der Waals surface area contributed by atoms with Crippen molar-refractivity contribution in [2.75, 3.05) is 6.61 Å². The van der Waals surface area contributed by atoms with Gasteiger partial charge in [0.2, 0.25) is 0 Å². The molecule has 0 saturated heterocycles. The fourth-order valence-corrected chi connectivity index (χ4v) is 3.23. The van der Waals surface area contributed by atoms with Crippen LogP contribution in [0.1, 0.15) is 28.7 Å². The third kappa shape index (κ3) is 2.29. The van der Waals surface area contributed by atoms with Gasteiger partial charge in [0.25, 0.3) is 0 Å². The van der Waals surface area contributed by atoms with Crippen LogP contribution >= 0.6 is 0 Å². The predicted octanol–water partition coefficient (Wildman–Crippen LogP) is 4.09. The molecule has 0 fully saturated rings. The molecule has 2 heteroatoms. The van der Waals surface area contributed by atoms with E-state index in [-0.39, 0.29) is 0 Å². The van der Waals surface area contributed by atoms with Gasteiger partial charge >= 0.3 is 0 Å². The highest BCUT2D eigenvalue weighted by Crippen LogP contribution is 2.41. The average Bonchev–Trinajstić information content (AvgIpc) is 2.51.